The van der Waals surface area contributed by atoms with Gasteiger partial charge in [-0.05, 0) is 26.8 Å². The molecule has 0 unspecified atom stereocenters. The molecule has 4 N–H and O–H groups in total. The lowest BCUT2D eigenvalue weighted by Gasteiger charge is -2.20. The number of carbonyl (C=O) groups excluding carboxylic acids is 1. The van der Waals surface area contributed by atoms with Gasteiger partial charge in [0.25, 0.3) is 5.69 Å². The summed E-state index contributed by atoms with van der Waals surface area (Å²) >= 11 is 0. The zero-order valence-corrected chi connectivity index (χ0v) is 11.9. The molecule has 0 aliphatic carbocycles. The van der Waals surface area contributed by atoms with Crippen molar-refractivity contribution in [3.05, 3.63) is 28.3 Å². The zero-order valence-electron chi connectivity index (χ0n) is 11.9. The molecule has 0 aliphatic rings. The smallest absolute Gasteiger partial charge is 0.273 e. The van der Waals surface area contributed by atoms with E-state index in [2.05, 4.69) is 10.6 Å². The summed E-state index contributed by atoms with van der Waals surface area (Å²) in [6, 6.07) is 4.27. The van der Waals surface area contributed by atoms with E-state index < -0.39 is 4.92 Å². The van der Waals surface area contributed by atoms with Crippen LogP contribution in [-0.2, 0) is 4.79 Å². The van der Waals surface area contributed by atoms with Gasteiger partial charge in [0.2, 0.25) is 5.91 Å². The molecule has 0 aromatic heterocycles. The van der Waals surface area contributed by atoms with E-state index in [4.69, 9.17) is 5.73 Å². The predicted molar refractivity (Wildman–Crippen MR) is 78.5 cm³/mol. The Bertz CT molecular complexity index is 509. The number of hydrogen-bond acceptors (Lipinski definition) is 5. The van der Waals surface area contributed by atoms with E-state index in [0.29, 0.717) is 17.9 Å². The van der Waals surface area contributed by atoms with E-state index in [9.17, 15) is 14.9 Å². The number of rotatable bonds is 5. The Kier molecular flexibility index (Phi) is 4.90. The maximum absolute atomic E-state index is 11.6. The van der Waals surface area contributed by atoms with Gasteiger partial charge in [-0.3, -0.25) is 14.9 Å². The molecule has 0 atom stereocenters. The number of nitrogens with one attached hydrogen (secondary N) is 2. The molecule has 0 saturated carbocycles. The molecule has 0 fully saturated rings. The van der Waals surface area contributed by atoms with Crippen molar-refractivity contribution in [3.63, 3.8) is 0 Å². The van der Waals surface area contributed by atoms with Gasteiger partial charge in [0.15, 0.2) is 0 Å². The second-order valence-corrected chi connectivity index (χ2v) is 5.55. The average molecular weight is 280 g/mol. The van der Waals surface area contributed by atoms with Crippen molar-refractivity contribution in [2.24, 2.45) is 0 Å². The maximum Gasteiger partial charge on any atom is 0.273 e. The minimum absolute atomic E-state index is 0.0772. The zero-order chi connectivity index (χ0) is 15.3. The second kappa shape index (κ2) is 6.23. The summed E-state index contributed by atoms with van der Waals surface area (Å²) in [4.78, 5) is 21.8. The van der Waals surface area contributed by atoms with Gasteiger partial charge in [-0.25, -0.2) is 0 Å². The number of carbonyl (C=O) groups is 1. The number of non-ortho nitro benzene ring substituents is 1. The van der Waals surface area contributed by atoms with E-state index in [1.165, 1.54) is 12.1 Å². The van der Waals surface area contributed by atoms with E-state index in [0.717, 1.165) is 0 Å². The van der Waals surface area contributed by atoms with Gasteiger partial charge in [-0.2, -0.15) is 0 Å². The Morgan fingerprint density at radius 2 is 2.00 bits per heavy atom. The number of benzene rings is 1. The van der Waals surface area contributed by atoms with Crippen molar-refractivity contribution in [2.75, 3.05) is 17.6 Å². The maximum atomic E-state index is 11.6. The van der Waals surface area contributed by atoms with Gasteiger partial charge >= 0.3 is 0 Å². The summed E-state index contributed by atoms with van der Waals surface area (Å²) in [5.41, 5.74) is 6.07. The van der Waals surface area contributed by atoms with Crippen LogP contribution in [0.15, 0.2) is 18.2 Å². The molecule has 20 heavy (non-hydrogen) atoms. The minimum Gasteiger partial charge on any atom is -0.398 e. The van der Waals surface area contributed by atoms with E-state index in [1.807, 2.05) is 20.8 Å². The van der Waals surface area contributed by atoms with Gasteiger partial charge in [-0.1, -0.05) is 0 Å². The summed E-state index contributed by atoms with van der Waals surface area (Å²) in [6.45, 7) is 6.08. The standard InChI is InChI=1S/C13H20N4O3/c1-13(2,3)16-12(18)4-5-15-10-6-9(14)7-11(8-10)17(19)20/h6-8,15H,4-5,14H2,1-3H3,(H,16,18). The number of nitrogens with two attached hydrogens (primary N) is 1. The van der Waals surface area contributed by atoms with Crippen LogP contribution in [0.4, 0.5) is 17.1 Å². The van der Waals surface area contributed by atoms with Crippen LogP contribution in [0.5, 0.6) is 0 Å². The number of amides is 1. The largest absolute Gasteiger partial charge is 0.398 e. The SMILES string of the molecule is CC(C)(C)NC(=O)CCNc1cc(N)cc([N+](=O)[O-])c1. The highest BCUT2D eigenvalue weighted by Gasteiger charge is 2.13. The Labute approximate surface area is 117 Å². The van der Waals surface area contributed by atoms with E-state index in [-0.39, 0.29) is 23.6 Å². The molecular formula is C13H20N4O3. The lowest BCUT2D eigenvalue weighted by Crippen LogP contribution is -2.41. The van der Waals surface area contributed by atoms with Crippen LogP contribution in [-0.4, -0.2) is 22.9 Å². The third-order valence-electron chi connectivity index (χ3n) is 2.35. The van der Waals surface area contributed by atoms with Gasteiger partial charge in [0, 0.05) is 42.0 Å². The third kappa shape index (κ3) is 5.55. The second-order valence-electron chi connectivity index (χ2n) is 5.55. The van der Waals surface area contributed by atoms with Crippen molar-refractivity contribution in [1.29, 1.82) is 0 Å². The van der Waals surface area contributed by atoms with Crippen LogP contribution in [0.25, 0.3) is 0 Å². The summed E-state index contributed by atoms with van der Waals surface area (Å²) in [7, 11) is 0. The minimum atomic E-state index is -0.506. The van der Waals surface area contributed by atoms with Crippen LogP contribution in [0.1, 0.15) is 27.2 Å². The fourth-order valence-corrected chi connectivity index (χ4v) is 1.64. The molecular weight excluding hydrogens is 260 g/mol. The van der Waals surface area contributed by atoms with E-state index in [1.54, 1.807) is 6.07 Å². The third-order valence-corrected chi connectivity index (χ3v) is 2.35. The molecule has 0 saturated heterocycles. The predicted octanol–water partition coefficient (Wildman–Crippen LogP) is 1.89. The first kappa shape index (κ1) is 15.7. The van der Waals surface area contributed by atoms with Crippen molar-refractivity contribution >= 4 is 23.0 Å². The molecule has 0 aliphatic heterocycles. The number of nitro benzene ring substituents is 1. The topological polar surface area (TPSA) is 110 Å². The summed E-state index contributed by atoms with van der Waals surface area (Å²) in [5.74, 6) is -0.0802. The van der Waals surface area contributed by atoms with Gasteiger partial charge in [-0.15, -0.1) is 0 Å². The Balaban J connectivity index is 2.54. The van der Waals surface area contributed by atoms with Crippen molar-refractivity contribution in [3.8, 4) is 0 Å². The number of nitrogen functional groups attached to an aromatic ring is 1. The molecule has 0 radical (unpaired) electrons. The Morgan fingerprint density at radius 1 is 1.35 bits per heavy atom. The molecule has 1 aromatic carbocycles. The Hall–Kier alpha value is -2.31. The lowest BCUT2D eigenvalue weighted by molar-refractivity contribution is -0.384. The fraction of sp³-hybridized carbons (Fsp3) is 0.462. The van der Waals surface area contributed by atoms with Gasteiger partial charge < -0.3 is 16.4 Å². The van der Waals surface area contributed by atoms with Crippen LogP contribution in [0.2, 0.25) is 0 Å². The van der Waals surface area contributed by atoms with E-state index >= 15 is 0 Å². The molecule has 1 aromatic rings. The van der Waals surface area contributed by atoms with Crippen molar-refractivity contribution < 1.29 is 9.72 Å². The molecule has 0 bridgehead atoms. The quantitative estimate of drug-likeness (QED) is 0.433. The first-order valence-corrected chi connectivity index (χ1v) is 6.27. The molecule has 7 heteroatoms. The number of anilines is 2. The van der Waals surface area contributed by atoms with Crippen LogP contribution >= 0.6 is 0 Å². The van der Waals surface area contributed by atoms with Gasteiger partial charge in [0.05, 0.1) is 4.92 Å². The summed E-state index contributed by atoms with van der Waals surface area (Å²) in [6.07, 6.45) is 0.278. The number of nitro groups is 1. The highest BCUT2D eigenvalue weighted by atomic mass is 16.6. The average Bonchev–Trinajstić information content (AvgIpc) is 2.25. The Morgan fingerprint density at radius 3 is 2.55 bits per heavy atom. The monoisotopic (exact) mass is 280 g/mol. The van der Waals surface area contributed by atoms with Crippen LogP contribution < -0.4 is 16.4 Å². The molecule has 1 rings (SSSR count). The highest BCUT2D eigenvalue weighted by Crippen LogP contribution is 2.22. The lowest BCUT2D eigenvalue weighted by atomic mass is 10.1. The normalized spacial score (nSPS) is 10.9. The number of hydrogen-bond donors (Lipinski definition) is 3. The fourth-order valence-electron chi connectivity index (χ4n) is 1.64. The summed E-state index contributed by atoms with van der Waals surface area (Å²) in [5, 5.41) is 16.5. The molecule has 0 spiro atoms. The highest BCUT2D eigenvalue weighted by molar-refractivity contribution is 5.77. The first-order valence-electron chi connectivity index (χ1n) is 6.27. The van der Waals surface area contributed by atoms with Crippen molar-refractivity contribution in [2.45, 2.75) is 32.7 Å². The molecule has 7 nitrogen and oxygen atoms in total. The number of nitrogens with zero attached hydrogens (tertiary/aromatic N) is 1. The van der Waals surface area contributed by atoms with Gasteiger partial charge in [0.1, 0.15) is 0 Å². The first-order chi connectivity index (χ1) is 9.17. The van der Waals surface area contributed by atoms with Crippen molar-refractivity contribution in [1.82, 2.24) is 5.32 Å². The van der Waals surface area contributed by atoms with Crippen LogP contribution in [0, 0.1) is 10.1 Å². The molecule has 110 valence electrons. The molecule has 0 heterocycles. The summed E-state index contributed by atoms with van der Waals surface area (Å²) < 4.78 is 0. The molecule has 1 amide bonds. The van der Waals surface area contributed by atoms with Crippen LogP contribution in [0.3, 0.4) is 0 Å².